The van der Waals surface area contributed by atoms with Gasteiger partial charge in [0.1, 0.15) is 0 Å². The van der Waals surface area contributed by atoms with Gasteiger partial charge in [-0.1, -0.05) is 6.92 Å². The molecule has 0 radical (unpaired) electrons. The molecule has 0 saturated carbocycles. The summed E-state index contributed by atoms with van der Waals surface area (Å²) in [6.07, 6.45) is 3.74. The number of carbonyl (C=O) groups is 1. The zero-order valence-corrected chi connectivity index (χ0v) is 9.50. The third kappa shape index (κ3) is 4.18. The Kier molecular flexibility index (Phi) is 5.65. The summed E-state index contributed by atoms with van der Waals surface area (Å²) in [4.78, 5) is 11.3. The Bertz CT molecular complexity index is 197. The Hall–Kier alpha value is -0.610. The number of amides is 1. The van der Waals surface area contributed by atoms with Gasteiger partial charge in [-0.3, -0.25) is 4.79 Å². The Morgan fingerprint density at radius 1 is 1.60 bits per heavy atom. The van der Waals surface area contributed by atoms with Crippen molar-refractivity contribution in [2.24, 2.45) is 11.7 Å². The monoisotopic (exact) mass is 214 g/mol. The molecule has 0 aromatic heterocycles. The van der Waals surface area contributed by atoms with Gasteiger partial charge in [-0.05, 0) is 25.8 Å². The topological polar surface area (TPSA) is 64.3 Å². The van der Waals surface area contributed by atoms with Gasteiger partial charge in [-0.2, -0.15) is 0 Å². The van der Waals surface area contributed by atoms with Crippen molar-refractivity contribution >= 4 is 5.91 Å². The van der Waals surface area contributed by atoms with Gasteiger partial charge in [-0.15, -0.1) is 0 Å². The van der Waals surface area contributed by atoms with Crippen LogP contribution < -0.4 is 11.1 Å². The maximum absolute atomic E-state index is 11.3. The number of nitrogens with two attached hydrogens (primary N) is 1. The van der Waals surface area contributed by atoms with Crippen LogP contribution in [0.3, 0.4) is 0 Å². The second-order valence-corrected chi connectivity index (χ2v) is 4.06. The smallest absolute Gasteiger partial charge is 0.220 e. The van der Waals surface area contributed by atoms with E-state index < -0.39 is 0 Å². The number of rotatable bonds is 6. The third-order valence-corrected chi connectivity index (χ3v) is 2.92. The highest BCUT2D eigenvalue weighted by atomic mass is 16.5. The molecule has 2 unspecified atom stereocenters. The molecule has 1 aliphatic rings. The summed E-state index contributed by atoms with van der Waals surface area (Å²) in [5.41, 5.74) is 5.34. The van der Waals surface area contributed by atoms with Crippen LogP contribution in [0.2, 0.25) is 0 Å². The van der Waals surface area contributed by atoms with Crippen molar-refractivity contribution < 1.29 is 9.53 Å². The molecule has 1 amide bonds. The first-order chi connectivity index (χ1) is 7.27. The third-order valence-electron chi connectivity index (χ3n) is 2.92. The van der Waals surface area contributed by atoms with Crippen LogP contribution in [0.5, 0.6) is 0 Å². The van der Waals surface area contributed by atoms with Crippen molar-refractivity contribution in [2.45, 2.75) is 38.7 Å². The molecule has 88 valence electrons. The fourth-order valence-corrected chi connectivity index (χ4v) is 1.97. The Morgan fingerprint density at radius 2 is 2.40 bits per heavy atom. The quantitative estimate of drug-likeness (QED) is 0.682. The van der Waals surface area contributed by atoms with E-state index in [0.717, 1.165) is 32.4 Å². The van der Waals surface area contributed by atoms with E-state index in [1.807, 2.05) is 0 Å². The van der Waals surface area contributed by atoms with Crippen LogP contribution >= 0.6 is 0 Å². The van der Waals surface area contributed by atoms with Crippen LogP contribution in [0.15, 0.2) is 0 Å². The second kappa shape index (κ2) is 6.80. The maximum Gasteiger partial charge on any atom is 0.220 e. The highest BCUT2D eigenvalue weighted by Crippen LogP contribution is 2.22. The molecule has 1 saturated heterocycles. The molecular formula is C11H22N2O2. The van der Waals surface area contributed by atoms with E-state index in [1.54, 1.807) is 0 Å². The van der Waals surface area contributed by atoms with Gasteiger partial charge < -0.3 is 15.8 Å². The summed E-state index contributed by atoms with van der Waals surface area (Å²) in [6, 6.07) is 0. The number of nitrogens with one attached hydrogen (secondary N) is 1. The van der Waals surface area contributed by atoms with E-state index in [0.29, 0.717) is 25.0 Å². The van der Waals surface area contributed by atoms with E-state index in [-0.39, 0.29) is 5.91 Å². The summed E-state index contributed by atoms with van der Waals surface area (Å²) in [7, 11) is 0. The minimum Gasteiger partial charge on any atom is -0.378 e. The lowest BCUT2D eigenvalue weighted by Crippen LogP contribution is -2.32. The lowest BCUT2D eigenvalue weighted by atomic mass is 10.00. The van der Waals surface area contributed by atoms with Crippen molar-refractivity contribution in [1.82, 2.24) is 5.32 Å². The van der Waals surface area contributed by atoms with Gasteiger partial charge in [0.2, 0.25) is 5.91 Å². The molecule has 4 nitrogen and oxygen atoms in total. The van der Waals surface area contributed by atoms with Gasteiger partial charge in [0.05, 0.1) is 6.10 Å². The molecule has 0 bridgehead atoms. The predicted molar refractivity (Wildman–Crippen MR) is 59.4 cm³/mol. The average molecular weight is 214 g/mol. The molecule has 1 fully saturated rings. The number of hydrogen-bond acceptors (Lipinski definition) is 3. The van der Waals surface area contributed by atoms with Crippen LogP contribution in [0, 0.1) is 5.92 Å². The molecule has 1 aliphatic heterocycles. The summed E-state index contributed by atoms with van der Waals surface area (Å²) in [6.45, 7) is 4.29. The molecular weight excluding hydrogens is 192 g/mol. The van der Waals surface area contributed by atoms with Crippen LogP contribution in [0.1, 0.15) is 32.6 Å². The summed E-state index contributed by atoms with van der Waals surface area (Å²) in [5.74, 6) is 0.610. The summed E-state index contributed by atoms with van der Waals surface area (Å²) >= 11 is 0. The minimum atomic E-state index is 0.113. The Balaban J connectivity index is 2.15. The molecule has 1 heterocycles. The molecule has 4 heteroatoms. The van der Waals surface area contributed by atoms with Crippen molar-refractivity contribution in [3.63, 3.8) is 0 Å². The van der Waals surface area contributed by atoms with Crippen molar-refractivity contribution in [1.29, 1.82) is 0 Å². The molecule has 0 aromatic carbocycles. The van der Waals surface area contributed by atoms with Crippen LogP contribution in [0.4, 0.5) is 0 Å². The molecule has 2 atom stereocenters. The Labute approximate surface area is 91.5 Å². The SMILES string of the molecule is CCC1OCCC1CNC(=O)CCCN. The van der Waals surface area contributed by atoms with E-state index in [2.05, 4.69) is 12.2 Å². The van der Waals surface area contributed by atoms with E-state index in [9.17, 15) is 4.79 Å². The van der Waals surface area contributed by atoms with Crippen molar-refractivity contribution in [3.05, 3.63) is 0 Å². The van der Waals surface area contributed by atoms with E-state index in [1.165, 1.54) is 0 Å². The van der Waals surface area contributed by atoms with Crippen molar-refractivity contribution in [3.8, 4) is 0 Å². The highest BCUT2D eigenvalue weighted by Gasteiger charge is 2.26. The first-order valence-corrected chi connectivity index (χ1v) is 5.86. The van der Waals surface area contributed by atoms with Gasteiger partial charge in [0, 0.05) is 25.5 Å². The first kappa shape index (κ1) is 12.5. The predicted octanol–water partition coefficient (Wildman–Crippen LogP) is 0.657. The van der Waals surface area contributed by atoms with Gasteiger partial charge in [0.15, 0.2) is 0 Å². The number of hydrogen-bond donors (Lipinski definition) is 2. The standard InChI is InChI=1S/C11H22N2O2/c1-2-10-9(5-7-15-10)8-13-11(14)4-3-6-12/h9-10H,2-8,12H2,1H3,(H,13,14). The van der Waals surface area contributed by atoms with E-state index in [4.69, 9.17) is 10.5 Å². The molecule has 15 heavy (non-hydrogen) atoms. The number of carbonyl (C=O) groups excluding carboxylic acids is 1. The normalized spacial score (nSPS) is 25.5. The summed E-state index contributed by atoms with van der Waals surface area (Å²) < 4.78 is 5.56. The number of ether oxygens (including phenoxy) is 1. The molecule has 0 aliphatic carbocycles. The fraction of sp³-hybridized carbons (Fsp3) is 0.909. The molecule has 3 N–H and O–H groups in total. The zero-order chi connectivity index (χ0) is 11.1. The lowest BCUT2D eigenvalue weighted by Gasteiger charge is -2.17. The zero-order valence-electron chi connectivity index (χ0n) is 9.50. The molecule has 0 aromatic rings. The van der Waals surface area contributed by atoms with Gasteiger partial charge in [-0.25, -0.2) is 0 Å². The lowest BCUT2D eigenvalue weighted by molar-refractivity contribution is -0.121. The largest absolute Gasteiger partial charge is 0.378 e. The maximum atomic E-state index is 11.3. The Morgan fingerprint density at radius 3 is 3.07 bits per heavy atom. The highest BCUT2D eigenvalue weighted by molar-refractivity contribution is 5.75. The van der Waals surface area contributed by atoms with Crippen molar-refractivity contribution in [2.75, 3.05) is 19.7 Å². The van der Waals surface area contributed by atoms with Crippen LogP contribution in [-0.2, 0) is 9.53 Å². The average Bonchev–Trinajstić information content (AvgIpc) is 2.70. The van der Waals surface area contributed by atoms with Gasteiger partial charge >= 0.3 is 0 Å². The minimum absolute atomic E-state index is 0.113. The second-order valence-electron chi connectivity index (χ2n) is 4.06. The van der Waals surface area contributed by atoms with Gasteiger partial charge in [0.25, 0.3) is 0 Å². The van der Waals surface area contributed by atoms with E-state index >= 15 is 0 Å². The molecule has 1 rings (SSSR count). The fourth-order valence-electron chi connectivity index (χ4n) is 1.97. The molecule has 0 spiro atoms. The van der Waals surface area contributed by atoms with Crippen LogP contribution in [-0.4, -0.2) is 31.7 Å². The summed E-state index contributed by atoms with van der Waals surface area (Å²) in [5, 5.41) is 2.95. The van der Waals surface area contributed by atoms with Crippen LogP contribution in [0.25, 0.3) is 0 Å². The first-order valence-electron chi connectivity index (χ1n) is 5.86.